The fraction of sp³-hybridized carbons (Fsp3) is 1.00. The molecule has 0 atom stereocenters. The molecule has 0 aromatic rings. The molecule has 20 heavy (non-hydrogen) atoms. The van der Waals surface area contributed by atoms with E-state index in [0.717, 1.165) is 13.0 Å². The second-order valence-corrected chi connectivity index (χ2v) is 6.79. The summed E-state index contributed by atoms with van der Waals surface area (Å²) in [6, 6.07) is 0. The average Bonchev–Trinajstić information content (AvgIpc) is 2.34. The number of rotatable bonds is 14. The van der Waals surface area contributed by atoms with Gasteiger partial charge in [0.05, 0.1) is 5.75 Å². The fourth-order valence-corrected chi connectivity index (χ4v) is 2.47. The predicted molar refractivity (Wildman–Crippen MR) is 89.1 cm³/mol. The molecule has 0 heterocycles. The van der Waals surface area contributed by atoms with Gasteiger partial charge in [0.25, 0.3) is 10.1 Å². The SMILES string of the molecule is CCCCCCCCCCCCNCCS(=O)(=O)O.[Ca+2].[H-].[H-]. The smallest absolute Gasteiger partial charge is 1.00 e. The van der Waals surface area contributed by atoms with E-state index in [-0.39, 0.29) is 46.3 Å². The van der Waals surface area contributed by atoms with Crippen molar-refractivity contribution in [3.05, 3.63) is 0 Å². The standard InChI is InChI=1S/C14H31NO3S.Ca.2H/c1-2-3-4-5-6-7-8-9-10-11-12-15-13-14-19(16,17)18;;;/h15H,2-14H2,1H3,(H,16,17,18);;;/q;+2;2*-1. The summed E-state index contributed by atoms with van der Waals surface area (Å²) >= 11 is 0. The van der Waals surface area contributed by atoms with Gasteiger partial charge in [0.2, 0.25) is 0 Å². The van der Waals surface area contributed by atoms with Crippen molar-refractivity contribution in [2.75, 3.05) is 18.8 Å². The van der Waals surface area contributed by atoms with Gasteiger partial charge in [0, 0.05) is 6.54 Å². The van der Waals surface area contributed by atoms with Gasteiger partial charge in [-0.2, -0.15) is 8.42 Å². The molecule has 0 bridgehead atoms. The average molecular weight is 336 g/mol. The van der Waals surface area contributed by atoms with E-state index >= 15 is 0 Å². The van der Waals surface area contributed by atoms with Crippen LogP contribution < -0.4 is 5.32 Å². The van der Waals surface area contributed by atoms with Crippen molar-refractivity contribution in [3.8, 4) is 0 Å². The van der Waals surface area contributed by atoms with Gasteiger partial charge in [-0.15, -0.1) is 0 Å². The topological polar surface area (TPSA) is 66.4 Å². The first kappa shape index (κ1) is 23.4. The van der Waals surface area contributed by atoms with Crippen LogP contribution in [0, 0.1) is 0 Å². The maximum Gasteiger partial charge on any atom is 2.00 e. The van der Waals surface area contributed by atoms with Gasteiger partial charge in [-0.05, 0) is 13.0 Å². The summed E-state index contributed by atoms with van der Waals surface area (Å²) in [6.07, 6.45) is 13.0. The van der Waals surface area contributed by atoms with Crippen LogP contribution in [0.4, 0.5) is 0 Å². The Kier molecular flexibility index (Phi) is 19.3. The summed E-state index contributed by atoms with van der Waals surface area (Å²) < 4.78 is 29.4. The fourth-order valence-electron chi connectivity index (χ4n) is 2.06. The first-order chi connectivity index (χ1) is 9.06. The number of nitrogens with one attached hydrogen (secondary N) is 1. The minimum Gasteiger partial charge on any atom is -1.00 e. The van der Waals surface area contributed by atoms with Crippen molar-refractivity contribution in [3.63, 3.8) is 0 Å². The monoisotopic (exact) mass is 335 g/mol. The van der Waals surface area contributed by atoms with Crippen molar-refractivity contribution in [2.45, 2.75) is 71.1 Å². The zero-order valence-corrected chi connectivity index (χ0v) is 16.1. The summed E-state index contributed by atoms with van der Waals surface area (Å²) in [5.74, 6) is -0.190. The van der Waals surface area contributed by atoms with Gasteiger partial charge >= 0.3 is 37.7 Å². The van der Waals surface area contributed by atoms with Crippen LogP contribution in [-0.4, -0.2) is 69.6 Å². The molecule has 0 aliphatic carbocycles. The Labute approximate surface area is 158 Å². The van der Waals surface area contributed by atoms with E-state index in [1.807, 2.05) is 0 Å². The Morgan fingerprint density at radius 2 is 1.30 bits per heavy atom. The van der Waals surface area contributed by atoms with Gasteiger partial charge in [0.15, 0.2) is 0 Å². The van der Waals surface area contributed by atoms with Crippen LogP contribution in [0.2, 0.25) is 0 Å². The van der Waals surface area contributed by atoms with Crippen LogP contribution in [0.15, 0.2) is 0 Å². The van der Waals surface area contributed by atoms with Gasteiger partial charge in [-0.1, -0.05) is 64.7 Å². The van der Waals surface area contributed by atoms with E-state index in [9.17, 15) is 8.42 Å². The van der Waals surface area contributed by atoms with Gasteiger partial charge in [0.1, 0.15) is 0 Å². The molecule has 0 rings (SSSR count). The minimum absolute atomic E-state index is 0. The van der Waals surface area contributed by atoms with E-state index in [4.69, 9.17) is 4.55 Å². The predicted octanol–water partition coefficient (Wildman–Crippen LogP) is 3.23. The first-order valence-electron chi connectivity index (χ1n) is 7.72. The summed E-state index contributed by atoms with van der Waals surface area (Å²) in [6.45, 7) is 3.42. The molecule has 0 aromatic carbocycles. The second kappa shape index (κ2) is 16.5. The molecular formula is C14H33CaNO3S. The molecule has 0 fully saturated rings. The summed E-state index contributed by atoms with van der Waals surface area (Å²) in [5.41, 5.74) is 0. The first-order valence-corrected chi connectivity index (χ1v) is 9.33. The molecule has 2 N–H and O–H groups in total. The van der Waals surface area contributed by atoms with Crippen LogP contribution in [-0.2, 0) is 10.1 Å². The molecule has 6 heteroatoms. The van der Waals surface area contributed by atoms with Gasteiger partial charge < -0.3 is 8.17 Å². The van der Waals surface area contributed by atoms with Crippen LogP contribution in [0.1, 0.15) is 74.0 Å². The van der Waals surface area contributed by atoms with Gasteiger partial charge in [-0.3, -0.25) is 4.55 Å². The quantitative estimate of drug-likeness (QED) is 0.290. The van der Waals surface area contributed by atoms with Gasteiger partial charge in [-0.25, -0.2) is 0 Å². The summed E-state index contributed by atoms with van der Waals surface area (Å²) in [4.78, 5) is 0. The van der Waals surface area contributed by atoms with Crippen molar-refractivity contribution >= 4 is 47.9 Å². The molecule has 0 spiro atoms. The normalized spacial score (nSPS) is 11.3. The van der Waals surface area contributed by atoms with E-state index in [0.29, 0.717) is 6.54 Å². The van der Waals surface area contributed by atoms with Crippen LogP contribution in [0.3, 0.4) is 0 Å². The van der Waals surface area contributed by atoms with Crippen molar-refractivity contribution < 1.29 is 15.8 Å². The molecule has 0 aromatic heterocycles. The Morgan fingerprint density at radius 1 is 0.850 bits per heavy atom. The third-order valence-corrected chi connectivity index (χ3v) is 3.96. The third-order valence-electron chi connectivity index (χ3n) is 3.24. The van der Waals surface area contributed by atoms with Crippen molar-refractivity contribution in [1.82, 2.24) is 5.32 Å². The Morgan fingerprint density at radius 3 is 1.75 bits per heavy atom. The molecule has 0 saturated heterocycles. The maximum absolute atomic E-state index is 10.4. The number of unbranched alkanes of at least 4 members (excludes halogenated alkanes) is 9. The number of hydrogen-bond donors (Lipinski definition) is 2. The molecule has 0 aliphatic heterocycles. The molecule has 0 amide bonds. The molecule has 0 aliphatic rings. The second-order valence-electron chi connectivity index (χ2n) is 5.22. The largest absolute Gasteiger partial charge is 2.00 e. The zero-order valence-electron chi connectivity index (χ0n) is 15.1. The third kappa shape index (κ3) is 21.4. The van der Waals surface area contributed by atoms with Crippen LogP contribution in [0.25, 0.3) is 0 Å². The zero-order chi connectivity index (χ0) is 14.4. The molecule has 4 nitrogen and oxygen atoms in total. The summed E-state index contributed by atoms with van der Waals surface area (Å²) in [7, 11) is -3.80. The Balaban J connectivity index is -0.000000540. The number of hydrogen-bond acceptors (Lipinski definition) is 3. The van der Waals surface area contributed by atoms with E-state index in [1.165, 1.54) is 57.8 Å². The van der Waals surface area contributed by atoms with Crippen LogP contribution in [0.5, 0.6) is 0 Å². The molecule has 0 saturated carbocycles. The molecule has 120 valence electrons. The van der Waals surface area contributed by atoms with Crippen molar-refractivity contribution in [2.24, 2.45) is 0 Å². The van der Waals surface area contributed by atoms with Crippen molar-refractivity contribution in [1.29, 1.82) is 0 Å². The van der Waals surface area contributed by atoms with E-state index in [2.05, 4.69) is 12.2 Å². The minimum atomic E-state index is -3.80. The van der Waals surface area contributed by atoms with E-state index in [1.54, 1.807) is 0 Å². The molecular weight excluding hydrogens is 302 g/mol. The maximum atomic E-state index is 10.4. The van der Waals surface area contributed by atoms with Crippen LogP contribution >= 0.6 is 0 Å². The molecule has 0 unspecified atom stereocenters. The Bertz CT molecular complexity index is 294. The Hall–Kier alpha value is 1.13. The summed E-state index contributed by atoms with van der Waals surface area (Å²) in [5, 5.41) is 3.03. The van der Waals surface area contributed by atoms with E-state index < -0.39 is 10.1 Å². The molecule has 0 radical (unpaired) electrons.